The number of rotatable bonds is 5. The van der Waals surface area contributed by atoms with Crippen LogP contribution >= 0.6 is 0 Å². The van der Waals surface area contributed by atoms with Gasteiger partial charge in [0.1, 0.15) is 0 Å². The molecule has 0 aliphatic carbocycles. The normalized spacial score (nSPS) is 17.2. The SMILES string of the molecule is C=C(CCOC(C)=O)C(=O)N1CCCC1c1cccc(C)c1C. The molecule has 0 N–H and O–H groups in total. The first kappa shape index (κ1) is 17.3. The number of carbonyl (C=O) groups is 2. The standard InChI is InChI=1S/C19H25NO3/c1-13-7-5-8-17(15(13)3)18-9-6-11-20(18)19(22)14(2)10-12-23-16(4)21/h5,7-8,18H,2,6,9-12H2,1,3-4H3. The molecule has 23 heavy (non-hydrogen) atoms. The predicted molar refractivity (Wildman–Crippen MR) is 90.0 cm³/mol. The Bertz CT molecular complexity index is 621. The van der Waals surface area contributed by atoms with Crippen LogP contribution < -0.4 is 0 Å². The zero-order chi connectivity index (χ0) is 17.0. The molecule has 0 radical (unpaired) electrons. The Balaban J connectivity index is 2.09. The quantitative estimate of drug-likeness (QED) is 0.617. The van der Waals surface area contributed by atoms with Crippen molar-refractivity contribution in [2.45, 2.75) is 46.1 Å². The zero-order valence-corrected chi connectivity index (χ0v) is 14.2. The van der Waals surface area contributed by atoms with Gasteiger partial charge in [0, 0.05) is 25.5 Å². The van der Waals surface area contributed by atoms with Gasteiger partial charge in [0.2, 0.25) is 5.91 Å². The Hall–Kier alpha value is -2.10. The van der Waals surface area contributed by atoms with Crippen molar-refractivity contribution in [2.24, 2.45) is 0 Å². The molecule has 1 heterocycles. The minimum absolute atomic E-state index is 0.0273. The first-order valence-corrected chi connectivity index (χ1v) is 8.10. The van der Waals surface area contributed by atoms with Gasteiger partial charge >= 0.3 is 5.97 Å². The number of likely N-dealkylation sites (tertiary alicyclic amines) is 1. The maximum atomic E-state index is 12.7. The van der Waals surface area contributed by atoms with E-state index in [1.165, 1.54) is 23.6 Å². The summed E-state index contributed by atoms with van der Waals surface area (Å²) in [6.45, 7) is 10.4. The molecule has 124 valence electrons. The first-order valence-electron chi connectivity index (χ1n) is 8.10. The average Bonchev–Trinajstić information content (AvgIpc) is 2.98. The number of benzene rings is 1. The topological polar surface area (TPSA) is 46.6 Å². The van der Waals surface area contributed by atoms with Crippen LogP contribution in [0.5, 0.6) is 0 Å². The van der Waals surface area contributed by atoms with Crippen molar-refractivity contribution in [1.82, 2.24) is 4.90 Å². The Morgan fingerprint density at radius 2 is 2.09 bits per heavy atom. The van der Waals surface area contributed by atoms with Crippen molar-refractivity contribution in [1.29, 1.82) is 0 Å². The maximum absolute atomic E-state index is 12.7. The summed E-state index contributed by atoms with van der Waals surface area (Å²) >= 11 is 0. The summed E-state index contributed by atoms with van der Waals surface area (Å²) in [6.07, 6.45) is 2.36. The number of hydrogen-bond donors (Lipinski definition) is 0. The van der Waals surface area contributed by atoms with E-state index in [4.69, 9.17) is 4.74 Å². The lowest BCUT2D eigenvalue weighted by Crippen LogP contribution is -2.32. The predicted octanol–water partition coefficient (Wildman–Crippen LogP) is 3.48. The molecule has 1 aromatic rings. The molecule has 1 unspecified atom stereocenters. The van der Waals surface area contributed by atoms with Crippen LogP contribution in [0.15, 0.2) is 30.4 Å². The summed E-state index contributed by atoms with van der Waals surface area (Å²) in [7, 11) is 0. The smallest absolute Gasteiger partial charge is 0.302 e. The highest BCUT2D eigenvalue weighted by molar-refractivity contribution is 5.93. The lowest BCUT2D eigenvalue weighted by molar-refractivity contribution is -0.141. The summed E-state index contributed by atoms with van der Waals surface area (Å²) in [6, 6.07) is 6.37. The van der Waals surface area contributed by atoms with Gasteiger partial charge in [0.05, 0.1) is 12.6 Å². The van der Waals surface area contributed by atoms with Crippen LogP contribution in [-0.2, 0) is 14.3 Å². The van der Waals surface area contributed by atoms with Gasteiger partial charge in [0.25, 0.3) is 0 Å². The van der Waals surface area contributed by atoms with Crippen LogP contribution in [0.3, 0.4) is 0 Å². The van der Waals surface area contributed by atoms with Gasteiger partial charge in [-0.25, -0.2) is 0 Å². The minimum Gasteiger partial charge on any atom is -0.466 e. The van der Waals surface area contributed by atoms with E-state index in [0.717, 1.165) is 19.4 Å². The minimum atomic E-state index is -0.334. The molecule has 1 saturated heterocycles. The highest BCUT2D eigenvalue weighted by Crippen LogP contribution is 2.35. The maximum Gasteiger partial charge on any atom is 0.302 e. The van der Waals surface area contributed by atoms with Crippen LogP contribution in [0, 0.1) is 13.8 Å². The molecular formula is C19H25NO3. The largest absolute Gasteiger partial charge is 0.466 e. The molecule has 4 nitrogen and oxygen atoms in total. The van der Waals surface area contributed by atoms with E-state index in [0.29, 0.717) is 12.0 Å². The van der Waals surface area contributed by atoms with Gasteiger partial charge in [-0.2, -0.15) is 0 Å². The Labute approximate surface area is 138 Å². The Morgan fingerprint density at radius 3 is 2.78 bits per heavy atom. The first-order chi connectivity index (χ1) is 10.9. The van der Waals surface area contributed by atoms with Gasteiger partial charge < -0.3 is 9.64 Å². The van der Waals surface area contributed by atoms with Crippen LogP contribution in [0.4, 0.5) is 0 Å². The average molecular weight is 315 g/mol. The third-order valence-electron chi connectivity index (χ3n) is 4.53. The van der Waals surface area contributed by atoms with E-state index < -0.39 is 0 Å². The molecule has 2 rings (SSSR count). The van der Waals surface area contributed by atoms with Crippen LogP contribution in [0.25, 0.3) is 0 Å². The summed E-state index contributed by atoms with van der Waals surface area (Å²) in [5.74, 6) is -0.361. The van der Waals surface area contributed by atoms with Gasteiger partial charge in [-0.05, 0) is 43.4 Å². The summed E-state index contributed by atoms with van der Waals surface area (Å²) in [4.78, 5) is 25.4. The monoisotopic (exact) mass is 315 g/mol. The fraction of sp³-hybridized carbons (Fsp3) is 0.474. The highest BCUT2D eigenvalue weighted by Gasteiger charge is 2.31. The molecule has 1 aliphatic rings. The van der Waals surface area contributed by atoms with Gasteiger partial charge in [-0.1, -0.05) is 24.8 Å². The number of amides is 1. The van der Waals surface area contributed by atoms with Crippen molar-refractivity contribution < 1.29 is 14.3 Å². The third kappa shape index (κ3) is 4.01. The second-order valence-corrected chi connectivity index (χ2v) is 6.14. The number of esters is 1. The molecule has 1 fully saturated rings. The third-order valence-corrected chi connectivity index (χ3v) is 4.53. The second kappa shape index (κ2) is 7.44. The van der Waals surface area contributed by atoms with E-state index in [1.807, 2.05) is 11.0 Å². The fourth-order valence-electron chi connectivity index (χ4n) is 3.10. The van der Waals surface area contributed by atoms with Crippen molar-refractivity contribution in [3.05, 3.63) is 47.0 Å². The molecule has 1 aliphatic heterocycles. The Morgan fingerprint density at radius 1 is 1.35 bits per heavy atom. The number of ether oxygens (including phenoxy) is 1. The van der Waals surface area contributed by atoms with Gasteiger partial charge in [-0.3, -0.25) is 9.59 Å². The van der Waals surface area contributed by atoms with E-state index >= 15 is 0 Å². The summed E-state index contributed by atoms with van der Waals surface area (Å²) < 4.78 is 4.90. The fourth-order valence-corrected chi connectivity index (χ4v) is 3.10. The molecular weight excluding hydrogens is 290 g/mol. The van der Waals surface area contributed by atoms with Crippen molar-refractivity contribution in [3.8, 4) is 0 Å². The molecule has 4 heteroatoms. The number of carbonyl (C=O) groups excluding carboxylic acids is 2. The van der Waals surface area contributed by atoms with Gasteiger partial charge in [-0.15, -0.1) is 0 Å². The second-order valence-electron chi connectivity index (χ2n) is 6.14. The molecule has 0 bridgehead atoms. The molecule has 0 saturated carbocycles. The molecule has 0 aromatic heterocycles. The van der Waals surface area contributed by atoms with Gasteiger partial charge in [0.15, 0.2) is 0 Å². The van der Waals surface area contributed by atoms with E-state index in [2.05, 4.69) is 32.6 Å². The molecule has 1 amide bonds. The number of aryl methyl sites for hydroxylation is 1. The Kier molecular flexibility index (Phi) is 5.59. The molecule has 1 aromatic carbocycles. The van der Waals surface area contributed by atoms with E-state index in [-0.39, 0.29) is 24.5 Å². The molecule has 0 spiro atoms. The lowest BCUT2D eigenvalue weighted by atomic mass is 9.95. The van der Waals surface area contributed by atoms with Crippen LogP contribution in [0.1, 0.15) is 48.9 Å². The van der Waals surface area contributed by atoms with E-state index in [9.17, 15) is 9.59 Å². The zero-order valence-electron chi connectivity index (χ0n) is 14.2. The van der Waals surface area contributed by atoms with Crippen molar-refractivity contribution in [2.75, 3.05) is 13.2 Å². The lowest BCUT2D eigenvalue weighted by Gasteiger charge is -2.27. The highest BCUT2D eigenvalue weighted by atomic mass is 16.5. The number of nitrogens with zero attached hydrogens (tertiary/aromatic N) is 1. The van der Waals surface area contributed by atoms with E-state index in [1.54, 1.807) is 0 Å². The summed E-state index contributed by atoms with van der Waals surface area (Å²) in [5, 5.41) is 0. The van der Waals surface area contributed by atoms with Crippen LogP contribution in [0.2, 0.25) is 0 Å². The van der Waals surface area contributed by atoms with Crippen molar-refractivity contribution >= 4 is 11.9 Å². The summed E-state index contributed by atoms with van der Waals surface area (Å²) in [5.41, 5.74) is 4.23. The number of hydrogen-bond acceptors (Lipinski definition) is 3. The van der Waals surface area contributed by atoms with Crippen molar-refractivity contribution in [3.63, 3.8) is 0 Å². The molecule has 1 atom stereocenters. The van der Waals surface area contributed by atoms with Crippen LogP contribution in [-0.4, -0.2) is 29.9 Å².